The normalized spacial score (nSPS) is 10.7. The largest absolute Gasteiger partial charge is 0.491 e. The molecule has 4 nitrogen and oxygen atoms in total. The van der Waals surface area contributed by atoms with E-state index in [1.807, 2.05) is 12.1 Å². The van der Waals surface area contributed by atoms with Gasteiger partial charge in [-0.2, -0.15) is 22.7 Å². The molecule has 2 heterocycles. The van der Waals surface area contributed by atoms with Crippen molar-refractivity contribution in [3.8, 4) is 5.75 Å². The molecule has 0 unspecified atom stereocenters. The molecule has 6 heteroatoms. The number of aliphatic hydroxyl groups is 1. The second-order valence-electron chi connectivity index (χ2n) is 4.98. The van der Waals surface area contributed by atoms with Gasteiger partial charge in [0, 0.05) is 16.4 Å². The molecular formula is C18H19NO3S2. The average Bonchev–Trinajstić information content (AvgIpc) is 3.31. The fourth-order valence-corrected chi connectivity index (χ4v) is 3.53. The van der Waals surface area contributed by atoms with E-state index < -0.39 is 0 Å². The minimum absolute atomic E-state index is 0.0374. The molecule has 1 aromatic carbocycles. The highest BCUT2D eigenvalue weighted by Gasteiger charge is 2.13. The summed E-state index contributed by atoms with van der Waals surface area (Å²) in [5.41, 5.74) is 3.41. The van der Waals surface area contributed by atoms with Gasteiger partial charge in [0.05, 0.1) is 31.2 Å². The molecule has 0 aliphatic heterocycles. The summed E-state index contributed by atoms with van der Waals surface area (Å²) in [7, 11) is 0. The summed E-state index contributed by atoms with van der Waals surface area (Å²) in [6.45, 7) is 1.32. The molecule has 0 spiro atoms. The van der Waals surface area contributed by atoms with Gasteiger partial charge in [0.25, 0.3) is 0 Å². The van der Waals surface area contributed by atoms with Crippen LogP contribution in [0.4, 0.5) is 17.1 Å². The number of ether oxygens (including phenoxy) is 2. The maximum atomic E-state index is 8.65. The Labute approximate surface area is 149 Å². The molecule has 0 amide bonds. The molecular weight excluding hydrogens is 342 g/mol. The van der Waals surface area contributed by atoms with Gasteiger partial charge < -0.3 is 19.5 Å². The van der Waals surface area contributed by atoms with Gasteiger partial charge in [-0.15, -0.1) is 0 Å². The lowest BCUT2D eigenvalue weighted by molar-refractivity contribution is 0.0705. The van der Waals surface area contributed by atoms with Crippen molar-refractivity contribution < 1.29 is 14.6 Å². The number of benzene rings is 1. The Morgan fingerprint density at radius 3 is 2.00 bits per heavy atom. The Hall–Kier alpha value is -1.86. The van der Waals surface area contributed by atoms with Gasteiger partial charge in [-0.1, -0.05) is 0 Å². The van der Waals surface area contributed by atoms with Crippen molar-refractivity contribution in [3.05, 3.63) is 57.9 Å². The van der Waals surface area contributed by atoms with E-state index in [0.29, 0.717) is 19.8 Å². The molecule has 24 heavy (non-hydrogen) atoms. The van der Waals surface area contributed by atoms with E-state index in [4.69, 9.17) is 14.6 Å². The summed E-state index contributed by atoms with van der Waals surface area (Å²) in [6, 6.07) is 12.3. The zero-order valence-corrected chi connectivity index (χ0v) is 14.8. The Morgan fingerprint density at radius 2 is 1.46 bits per heavy atom. The van der Waals surface area contributed by atoms with Gasteiger partial charge in [0.1, 0.15) is 12.4 Å². The van der Waals surface area contributed by atoms with Crippen LogP contribution in [0.2, 0.25) is 0 Å². The van der Waals surface area contributed by atoms with Crippen molar-refractivity contribution in [1.82, 2.24) is 0 Å². The van der Waals surface area contributed by atoms with E-state index in [1.54, 1.807) is 22.7 Å². The predicted octanol–water partition coefficient (Wildman–Crippen LogP) is 4.67. The maximum absolute atomic E-state index is 8.65. The second-order valence-corrected chi connectivity index (χ2v) is 6.54. The Bertz CT molecular complexity index is 662. The van der Waals surface area contributed by atoms with Crippen molar-refractivity contribution in [2.24, 2.45) is 0 Å². The first-order chi connectivity index (χ1) is 11.9. The fraction of sp³-hybridized carbons (Fsp3) is 0.222. The highest BCUT2D eigenvalue weighted by molar-refractivity contribution is 7.08. The first-order valence-corrected chi connectivity index (χ1v) is 9.53. The minimum Gasteiger partial charge on any atom is -0.491 e. The van der Waals surface area contributed by atoms with E-state index >= 15 is 0 Å². The molecule has 3 rings (SSSR count). The lowest BCUT2D eigenvalue weighted by Gasteiger charge is -2.22. The standard InChI is InChI=1S/C18H19NO3S2/c20-7-8-21-9-10-22-18-3-1-15(2-4-18)19(16-5-11-23-13-16)17-6-12-24-14-17/h1-6,11-14,20H,7-10H2. The first-order valence-electron chi connectivity index (χ1n) is 7.64. The molecule has 0 saturated carbocycles. The number of hydrogen-bond donors (Lipinski definition) is 1. The minimum atomic E-state index is 0.0374. The van der Waals surface area contributed by atoms with Crippen LogP contribution in [0.15, 0.2) is 57.9 Å². The van der Waals surface area contributed by atoms with Crippen LogP contribution in [0, 0.1) is 0 Å². The number of anilines is 3. The van der Waals surface area contributed by atoms with Gasteiger partial charge >= 0.3 is 0 Å². The highest BCUT2D eigenvalue weighted by Crippen LogP contribution is 2.37. The quantitative estimate of drug-likeness (QED) is 0.563. The van der Waals surface area contributed by atoms with Crippen molar-refractivity contribution >= 4 is 39.7 Å². The van der Waals surface area contributed by atoms with Crippen LogP contribution < -0.4 is 9.64 Å². The number of hydrogen-bond acceptors (Lipinski definition) is 6. The van der Waals surface area contributed by atoms with Gasteiger partial charge in [-0.3, -0.25) is 0 Å². The van der Waals surface area contributed by atoms with Crippen molar-refractivity contribution in [2.45, 2.75) is 0 Å². The Balaban J connectivity index is 1.69. The van der Waals surface area contributed by atoms with Crippen LogP contribution in [0.25, 0.3) is 0 Å². The van der Waals surface area contributed by atoms with Gasteiger partial charge in [0.15, 0.2) is 0 Å². The number of aliphatic hydroxyl groups excluding tert-OH is 1. The predicted molar refractivity (Wildman–Crippen MR) is 100 cm³/mol. The summed E-state index contributed by atoms with van der Waals surface area (Å²) < 4.78 is 10.8. The summed E-state index contributed by atoms with van der Waals surface area (Å²) in [5, 5.41) is 17.1. The van der Waals surface area contributed by atoms with E-state index in [9.17, 15) is 0 Å². The Morgan fingerprint density at radius 1 is 0.792 bits per heavy atom. The van der Waals surface area contributed by atoms with E-state index in [1.165, 1.54) is 0 Å². The monoisotopic (exact) mass is 361 g/mol. The van der Waals surface area contributed by atoms with Gasteiger partial charge in [0.2, 0.25) is 0 Å². The van der Waals surface area contributed by atoms with Crippen LogP contribution in [0.5, 0.6) is 5.75 Å². The van der Waals surface area contributed by atoms with E-state index in [2.05, 4.69) is 50.7 Å². The zero-order chi connectivity index (χ0) is 16.6. The van der Waals surface area contributed by atoms with Crippen LogP contribution in [0.3, 0.4) is 0 Å². The molecule has 0 atom stereocenters. The number of thiophene rings is 2. The van der Waals surface area contributed by atoms with Crippen LogP contribution in [-0.4, -0.2) is 31.5 Å². The molecule has 2 aromatic heterocycles. The Kier molecular flexibility index (Phi) is 6.26. The molecule has 1 N–H and O–H groups in total. The third-order valence-corrected chi connectivity index (χ3v) is 4.70. The molecule has 0 aliphatic rings. The molecule has 0 fully saturated rings. The molecule has 3 aromatic rings. The summed E-state index contributed by atoms with van der Waals surface area (Å²) in [6.07, 6.45) is 0. The van der Waals surface area contributed by atoms with Crippen LogP contribution in [0.1, 0.15) is 0 Å². The topological polar surface area (TPSA) is 41.9 Å². The molecule has 126 valence electrons. The molecule has 0 bridgehead atoms. The van der Waals surface area contributed by atoms with Gasteiger partial charge in [-0.25, -0.2) is 0 Å². The SMILES string of the molecule is OCCOCCOc1ccc(N(c2ccsc2)c2ccsc2)cc1. The first kappa shape index (κ1) is 17.0. The fourth-order valence-electron chi connectivity index (χ4n) is 2.29. The third kappa shape index (κ3) is 4.36. The zero-order valence-electron chi connectivity index (χ0n) is 13.1. The van der Waals surface area contributed by atoms with Crippen molar-refractivity contribution in [1.29, 1.82) is 0 Å². The maximum Gasteiger partial charge on any atom is 0.119 e. The van der Waals surface area contributed by atoms with Crippen LogP contribution >= 0.6 is 22.7 Å². The number of nitrogens with zero attached hydrogens (tertiary/aromatic N) is 1. The smallest absolute Gasteiger partial charge is 0.119 e. The summed E-state index contributed by atoms with van der Waals surface area (Å²) in [4.78, 5) is 2.22. The lowest BCUT2D eigenvalue weighted by atomic mass is 10.2. The van der Waals surface area contributed by atoms with Gasteiger partial charge in [-0.05, 0) is 47.2 Å². The molecule has 0 saturated heterocycles. The summed E-state index contributed by atoms with van der Waals surface area (Å²) in [5.74, 6) is 0.807. The second kappa shape index (κ2) is 8.84. The van der Waals surface area contributed by atoms with Crippen molar-refractivity contribution in [3.63, 3.8) is 0 Å². The third-order valence-electron chi connectivity index (χ3n) is 3.36. The lowest BCUT2D eigenvalue weighted by Crippen LogP contribution is -2.10. The molecule has 0 aliphatic carbocycles. The van der Waals surface area contributed by atoms with Crippen LogP contribution in [-0.2, 0) is 4.74 Å². The average molecular weight is 361 g/mol. The molecule has 0 radical (unpaired) electrons. The van der Waals surface area contributed by atoms with E-state index in [-0.39, 0.29) is 6.61 Å². The number of rotatable bonds is 9. The van der Waals surface area contributed by atoms with E-state index in [0.717, 1.165) is 22.8 Å². The van der Waals surface area contributed by atoms with Crippen molar-refractivity contribution in [2.75, 3.05) is 31.3 Å². The summed E-state index contributed by atoms with van der Waals surface area (Å²) >= 11 is 3.37. The highest BCUT2D eigenvalue weighted by atomic mass is 32.1.